The largest absolute Gasteiger partial charge is 1.00 e. The van der Waals surface area contributed by atoms with E-state index >= 15 is 0 Å². The van der Waals surface area contributed by atoms with Gasteiger partial charge in [-0.25, -0.2) is 9.59 Å². The molecule has 12 nitrogen and oxygen atoms in total. The van der Waals surface area contributed by atoms with Gasteiger partial charge in [-0.3, -0.25) is 9.11 Å². The van der Waals surface area contributed by atoms with E-state index in [9.17, 15) is 26.4 Å². The second-order valence-corrected chi connectivity index (χ2v) is 17.0. The maximum absolute atomic E-state index is 12.6. The smallest absolute Gasteiger partial charge is 1.00 e. The number of halogens is 1. The summed E-state index contributed by atoms with van der Waals surface area (Å²) in [5.41, 5.74) is 0.00763. The van der Waals surface area contributed by atoms with Gasteiger partial charge in [0.15, 0.2) is 0 Å². The number of carbonyl (C=O) groups is 2. The molecule has 0 radical (unpaired) electrons. The first-order chi connectivity index (χ1) is 21.6. The molecule has 0 heterocycles. The van der Waals surface area contributed by atoms with Crippen molar-refractivity contribution in [2.75, 3.05) is 0 Å². The maximum Gasteiger partial charge on any atom is 1.00 e. The summed E-state index contributed by atoms with van der Waals surface area (Å²) in [4.78, 5) is 24.6. The van der Waals surface area contributed by atoms with Crippen molar-refractivity contribution < 1.29 is 116 Å². The van der Waals surface area contributed by atoms with E-state index < -0.39 is 52.2 Å². The first kappa shape index (κ1) is 50.6. The zero-order valence-electron chi connectivity index (χ0n) is 31.1. The molecule has 0 saturated heterocycles. The Labute approximate surface area is 345 Å². The summed E-state index contributed by atoms with van der Waals surface area (Å²) in [6.45, 7) is 7.57. The van der Waals surface area contributed by atoms with Gasteiger partial charge in [-0.1, -0.05) is 71.6 Å². The Kier molecular flexibility index (Phi) is 26.3. The van der Waals surface area contributed by atoms with Crippen molar-refractivity contribution in [2.24, 2.45) is 0 Å². The normalized spacial score (nSPS) is 13.6. The van der Waals surface area contributed by atoms with Gasteiger partial charge in [0.1, 0.15) is 23.2 Å². The predicted octanol–water partition coefficient (Wildman–Crippen LogP) is 3.05. The number of benzene rings is 2. The zero-order valence-corrected chi connectivity index (χ0v) is 36.4. The molecule has 0 saturated carbocycles. The summed E-state index contributed by atoms with van der Waals surface area (Å²) in [6, 6.07) is 9.14. The molecule has 0 aromatic heterocycles. The van der Waals surface area contributed by atoms with Gasteiger partial charge in [-0.2, -0.15) is 16.8 Å². The molecule has 0 aliphatic carbocycles. The van der Waals surface area contributed by atoms with Crippen molar-refractivity contribution in [1.82, 2.24) is 0 Å². The van der Waals surface area contributed by atoms with Gasteiger partial charge in [0.05, 0.1) is 9.79 Å². The van der Waals surface area contributed by atoms with Crippen LogP contribution in [0.15, 0.2) is 58.3 Å². The van der Waals surface area contributed by atoms with Gasteiger partial charge in [-0.05, 0) is 82.4 Å². The van der Waals surface area contributed by atoms with E-state index in [1.165, 1.54) is 62.8 Å². The summed E-state index contributed by atoms with van der Waals surface area (Å²) in [7, 11) is -10.1. The van der Waals surface area contributed by atoms with E-state index in [-0.39, 0.29) is 101 Å². The van der Waals surface area contributed by atoms with E-state index in [2.05, 4.69) is 6.92 Å². The molecule has 0 fully saturated rings. The molecule has 2 rings (SSSR count). The van der Waals surface area contributed by atoms with Gasteiger partial charge in [0.25, 0.3) is 20.2 Å². The maximum atomic E-state index is 12.6. The number of carbonyl (C=O) groups excluding carboxylic acids is 2. The molecule has 0 amide bonds. The van der Waals surface area contributed by atoms with Crippen molar-refractivity contribution in [3.8, 4) is 11.5 Å². The molecule has 49 heavy (non-hydrogen) atoms. The Morgan fingerprint density at radius 1 is 0.653 bits per heavy atom. The average Bonchev–Trinajstić information content (AvgIpc) is 2.95. The first-order valence-corrected chi connectivity index (χ1v) is 19.7. The van der Waals surface area contributed by atoms with Crippen LogP contribution in [0.5, 0.6) is 11.5 Å². The fourth-order valence-electron chi connectivity index (χ4n) is 4.91. The molecule has 2 aromatic carbocycles. The number of unbranched alkanes of at least 4 members (excludes halogenated alkanes) is 8. The summed E-state index contributed by atoms with van der Waals surface area (Å²) in [5, 5.41) is 0. The van der Waals surface area contributed by atoms with Crippen LogP contribution in [0.1, 0.15) is 94.8 Å². The summed E-state index contributed by atoms with van der Waals surface area (Å²) >= 11 is 0. The fourth-order valence-corrected chi connectivity index (χ4v) is 8.79. The Bertz CT molecular complexity index is 1380. The number of rotatable bonds is 19. The van der Waals surface area contributed by atoms with E-state index in [4.69, 9.17) is 28.1 Å². The van der Waals surface area contributed by atoms with E-state index in [1.54, 1.807) is 13.8 Å². The van der Waals surface area contributed by atoms with Crippen LogP contribution in [-0.4, -0.2) is 55.6 Å². The molecular weight excluding hydrogens is 741 g/mol. The monoisotopic (exact) mass is 788 g/mol. The SMILES string of the molecule is CCCCCCCCCCCC(C)P(C(C)OC(=O)Oc1ccc(S(=O)(=O)O)cc1)C(C)OC(=O)Oc1ccc(S(=O)(=O)O)cc1.Cl.[H-].[H-].[Na+].[Na+]. The molecular formula is C31H48ClNa2O12PS2. The molecule has 2 N–H and O–H groups in total. The average molecular weight is 789 g/mol. The standard InChI is InChI=1S/C31H45O12PS2.ClH.2Na.2H/c1-5-6-7-8-9-10-11-12-13-14-23(2)44(24(3)40-30(32)42-26-15-19-28(20-16-26)45(34,35)36)25(4)41-31(33)43-27-17-21-29(22-18-27)46(37,38)39;;;;;/h15-25H,5-14H2,1-4H3,(H,34,35,36)(H,37,38,39);1H;;;;/q;;2*+1;2*-1. The Morgan fingerprint density at radius 2 is 0.980 bits per heavy atom. The quantitative estimate of drug-likeness (QED) is 0.0532. The molecule has 2 aromatic rings. The second kappa shape index (κ2) is 25.5. The molecule has 0 bridgehead atoms. The minimum atomic E-state index is -4.41. The molecule has 270 valence electrons. The van der Waals surface area contributed by atoms with Crippen LogP contribution in [0.3, 0.4) is 0 Å². The van der Waals surface area contributed by atoms with Gasteiger partial charge in [0, 0.05) is 0 Å². The third-order valence-electron chi connectivity index (χ3n) is 7.25. The van der Waals surface area contributed by atoms with E-state index in [0.29, 0.717) is 0 Å². The van der Waals surface area contributed by atoms with Crippen LogP contribution in [0.2, 0.25) is 0 Å². The first-order valence-electron chi connectivity index (χ1n) is 15.3. The Hall–Kier alpha value is -0.480. The van der Waals surface area contributed by atoms with Crippen molar-refractivity contribution in [3.63, 3.8) is 0 Å². The third kappa shape index (κ3) is 19.8. The third-order valence-corrected chi connectivity index (χ3v) is 12.2. The van der Waals surface area contributed by atoms with Gasteiger partial charge in [0.2, 0.25) is 0 Å². The van der Waals surface area contributed by atoms with Crippen molar-refractivity contribution in [3.05, 3.63) is 48.5 Å². The molecule has 3 atom stereocenters. The van der Waals surface area contributed by atoms with Gasteiger partial charge in [-0.15, -0.1) is 12.4 Å². The van der Waals surface area contributed by atoms with Crippen LogP contribution in [0.25, 0.3) is 0 Å². The summed E-state index contributed by atoms with van der Waals surface area (Å²) in [6.07, 6.45) is 9.26. The van der Waals surface area contributed by atoms with Gasteiger partial charge < -0.3 is 21.8 Å². The van der Waals surface area contributed by atoms with Crippen LogP contribution in [-0.2, 0) is 29.7 Å². The molecule has 0 aliphatic rings. The van der Waals surface area contributed by atoms with Crippen molar-refractivity contribution in [2.45, 2.75) is 119 Å². The predicted molar refractivity (Wildman–Crippen MR) is 183 cm³/mol. The van der Waals surface area contributed by atoms with Crippen LogP contribution in [0, 0.1) is 0 Å². The minimum absolute atomic E-state index is 0. The second-order valence-electron chi connectivity index (χ2n) is 10.9. The summed E-state index contributed by atoms with van der Waals surface area (Å²) < 4.78 is 84.9. The van der Waals surface area contributed by atoms with Crippen LogP contribution < -0.4 is 68.6 Å². The number of ether oxygens (including phenoxy) is 4. The van der Waals surface area contributed by atoms with E-state index in [0.717, 1.165) is 49.9 Å². The van der Waals surface area contributed by atoms with E-state index in [1.807, 2.05) is 6.92 Å². The number of hydrogen-bond donors (Lipinski definition) is 2. The zero-order chi connectivity index (χ0) is 34.3. The number of hydrogen-bond acceptors (Lipinski definition) is 10. The molecule has 0 aliphatic heterocycles. The van der Waals surface area contributed by atoms with Crippen LogP contribution >= 0.6 is 20.3 Å². The van der Waals surface area contributed by atoms with Gasteiger partial charge >= 0.3 is 71.4 Å². The molecule has 18 heteroatoms. The molecule has 3 unspecified atom stereocenters. The van der Waals surface area contributed by atoms with Crippen molar-refractivity contribution in [1.29, 1.82) is 0 Å². The molecule has 0 spiro atoms. The minimum Gasteiger partial charge on any atom is -1.00 e. The topological polar surface area (TPSA) is 180 Å². The van der Waals surface area contributed by atoms with Crippen LogP contribution in [0.4, 0.5) is 9.59 Å². The summed E-state index contributed by atoms with van der Waals surface area (Å²) in [5.74, 6) is -1.43. The fraction of sp³-hybridized carbons (Fsp3) is 0.548. The van der Waals surface area contributed by atoms with Crippen molar-refractivity contribution >= 4 is 52.9 Å². The Balaban J connectivity index is -0.00000221. The Morgan fingerprint density at radius 3 is 1.31 bits per heavy atom.